The summed E-state index contributed by atoms with van der Waals surface area (Å²) in [7, 11) is 1.39. The largest absolute Gasteiger partial charge is 0.467 e. The Labute approximate surface area is 93.0 Å². The molecule has 0 aliphatic carbocycles. The predicted molar refractivity (Wildman–Crippen MR) is 57.9 cm³/mol. The third kappa shape index (κ3) is 1.58. The molecule has 2 atom stereocenters. The highest BCUT2D eigenvalue weighted by Gasteiger charge is 2.69. The van der Waals surface area contributed by atoms with Crippen molar-refractivity contribution in [2.24, 2.45) is 0 Å². The summed E-state index contributed by atoms with van der Waals surface area (Å²) in [6.07, 6.45) is 0.760. The highest BCUT2D eigenvalue weighted by Crippen LogP contribution is 2.50. The maximum Gasteiger partial charge on any atom is 0.340 e. The van der Waals surface area contributed by atoms with Crippen LogP contribution in [0.25, 0.3) is 0 Å². The number of carbonyl (C=O) groups excluding carboxylic acids is 1. The Balaban J connectivity index is 2.09. The third-order valence-corrected chi connectivity index (χ3v) is 3.94. The van der Waals surface area contributed by atoms with Crippen LogP contribution in [0, 0.1) is 0 Å². The van der Waals surface area contributed by atoms with E-state index in [1.54, 1.807) is 18.3 Å². The summed E-state index contributed by atoms with van der Waals surface area (Å²) < 4.78 is 10.3. The lowest BCUT2D eigenvalue weighted by atomic mass is 9.92. The number of thiophene rings is 1. The van der Waals surface area contributed by atoms with Crippen molar-refractivity contribution in [2.75, 3.05) is 7.11 Å². The molecule has 1 aromatic heterocycles. The number of carbonyl (C=O) groups is 1. The summed E-state index contributed by atoms with van der Waals surface area (Å²) in [6.45, 7) is 3.73. The van der Waals surface area contributed by atoms with E-state index in [0.29, 0.717) is 0 Å². The van der Waals surface area contributed by atoms with Gasteiger partial charge in [0.05, 0.1) is 7.11 Å². The van der Waals surface area contributed by atoms with E-state index in [2.05, 4.69) is 6.07 Å². The van der Waals surface area contributed by atoms with Gasteiger partial charge < -0.3 is 9.47 Å². The van der Waals surface area contributed by atoms with Crippen LogP contribution in [0.2, 0.25) is 0 Å². The lowest BCUT2D eigenvalue weighted by Gasteiger charge is -2.09. The summed E-state index contributed by atoms with van der Waals surface area (Å²) in [4.78, 5) is 12.7. The van der Waals surface area contributed by atoms with Crippen LogP contribution >= 0.6 is 11.3 Å². The second-order valence-corrected chi connectivity index (χ2v) is 5.15. The molecule has 3 nitrogen and oxygen atoms in total. The van der Waals surface area contributed by atoms with Gasteiger partial charge in [0.1, 0.15) is 5.60 Å². The predicted octanol–water partition coefficient (Wildman–Crippen LogP) is 2.01. The first kappa shape index (κ1) is 10.6. The fraction of sp³-hybridized carbons (Fsp3) is 0.545. The molecule has 0 bridgehead atoms. The van der Waals surface area contributed by atoms with Gasteiger partial charge in [0, 0.05) is 11.3 Å². The first-order chi connectivity index (χ1) is 7.02. The molecule has 15 heavy (non-hydrogen) atoms. The van der Waals surface area contributed by atoms with Gasteiger partial charge in [0.15, 0.2) is 5.60 Å². The van der Waals surface area contributed by atoms with Crippen LogP contribution in [-0.2, 0) is 20.7 Å². The van der Waals surface area contributed by atoms with Gasteiger partial charge in [-0.15, -0.1) is 11.3 Å². The Bertz CT molecular complexity index is 373. The molecular weight excluding hydrogens is 212 g/mol. The number of ether oxygens (including phenoxy) is 2. The summed E-state index contributed by atoms with van der Waals surface area (Å²) in [5.74, 6) is -0.290. The highest BCUT2D eigenvalue weighted by atomic mass is 32.1. The quantitative estimate of drug-likeness (QED) is 0.584. The number of esters is 1. The van der Waals surface area contributed by atoms with Crippen molar-refractivity contribution in [3.05, 3.63) is 22.4 Å². The molecule has 2 unspecified atom stereocenters. The van der Waals surface area contributed by atoms with E-state index in [0.717, 1.165) is 6.42 Å². The lowest BCUT2D eigenvalue weighted by molar-refractivity contribution is -0.146. The van der Waals surface area contributed by atoms with Gasteiger partial charge in [-0.25, -0.2) is 4.79 Å². The fourth-order valence-electron chi connectivity index (χ4n) is 1.83. The Morgan fingerprint density at radius 1 is 1.60 bits per heavy atom. The zero-order valence-electron chi connectivity index (χ0n) is 9.07. The maximum absolute atomic E-state index is 11.5. The van der Waals surface area contributed by atoms with Crippen LogP contribution in [0.5, 0.6) is 0 Å². The molecule has 1 aromatic rings. The second-order valence-electron chi connectivity index (χ2n) is 4.11. The third-order valence-electron chi connectivity index (χ3n) is 3.06. The lowest BCUT2D eigenvalue weighted by Crippen LogP contribution is -2.31. The topological polar surface area (TPSA) is 38.8 Å². The zero-order chi connectivity index (χ0) is 11.1. The van der Waals surface area contributed by atoms with Gasteiger partial charge in [-0.2, -0.15) is 0 Å². The normalized spacial score (nSPS) is 33.8. The minimum atomic E-state index is -0.772. The Morgan fingerprint density at radius 3 is 2.87 bits per heavy atom. The number of epoxide rings is 1. The highest BCUT2D eigenvalue weighted by molar-refractivity contribution is 7.09. The van der Waals surface area contributed by atoms with Crippen molar-refractivity contribution in [1.82, 2.24) is 0 Å². The average molecular weight is 226 g/mol. The standard InChI is InChI=1S/C11H14O3S/c1-10(7-8-5-4-6-15-8)11(2,14-10)9(12)13-3/h4-6H,7H2,1-3H3. The molecule has 0 spiro atoms. The molecule has 1 aliphatic rings. The van der Waals surface area contributed by atoms with Crippen LogP contribution in [-0.4, -0.2) is 24.3 Å². The molecule has 0 N–H and O–H groups in total. The molecule has 1 fully saturated rings. The Kier molecular flexibility index (Phi) is 2.35. The van der Waals surface area contributed by atoms with Gasteiger partial charge in [-0.1, -0.05) is 6.07 Å². The van der Waals surface area contributed by atoms with Crippen molar-refractivity contribution in [1.29, 1.82) is 0 Å². The van der Waals surface area contributed by atoms with E-state index >= 15 is 0 Å². The Hall–Kier alpha value is -0.870. The molecule has 1 aliphatic heterocycles. The second kappa shape index (κ2) is 3.32. The van der Waals surface area contributed by atoms with Crippen LogP contribution < -0.4 is 0 Å². The van der Waals surface area contributed by atoms with Crippen molar-refractivity contribution >= 4 is 17.3 Å². The van der Waals surface area contributed by atoms with E-state index in [4.69, 9.17) is 9.47 Å². The number of methoxy groups -OCH3 is 1. The molecule has 0 amide bonds. The summed E-state index contributed by atoms with van der Waals surface area (Å²) in [5.41, 5.74) is -1.18. The van der Waals surface area contributed by atoms with Gasteiger partial charge in [-0.3, -0.25) is 0 Å². The van der Waals surface area contributed by atoms with E-state index in [-0.39, 0.29) is 5.97 Å². The molecule has 0 aromatic carbocycles. The number of rotatable bonds is 3. The minimum absolute atomic E-state index is 0.290. The minimum Gasteiger partial charge on any atom is -0.467 e. The zero-order valence-corrected chi connectivity index (χ0v) is 9.89. The molecule has 0 radical (unpaired) electrons. The van der Waals surface area contributed by atoms with Crippen LogP contribution in [0.1, 0.15) is 18.7 Å². The maximum atomic E-state index is 11.5. The molecule has 1 saturated heterocycles. The molecule has 2 heterocycles. The van der Waals surface area contributed by atoms with Crippen LogP contribution in [0.3, 0.4) is 0 Å². The van der Waals surface area contributed by atoms with E-state index in [1.807, 2.05) is 18.4 Å². The van der Waals surface area contributed by atoms with Gasteiger partial charge in [-0.05, 0) is 25.3 Å². The number of hydrogen-bond donors (Lipinski definition) is 0. The molecule has 4 heteroatoms. The molecule has 82 valence electrons. The first-order valence-electron chi connectivity index (χ1n) is 4.83. The van der Waals surface area contributed by atoms with Crippen molar-refractivity contribution in [3.63, 3.8) is 0 Å². The fourth-order valence-corrected chi connectivity index (χ4v) is 2.68. The van der Waals surface area contributed by atoms with Gasteiger partial charge >= 0.3 is 5.97 Å². The van der Waals surface area contributed by atoms with Crippen LogP contribution in [0.15, 0.2) is 17.5 Å². The van der Waals surface area contributed by atoms with E-state index in [9.17, 15) is 4.79 Å². The van der Waals surface area contributed by atoms with Crippen LogP contribution in [0.4, 0.5) is 0 Å². The van der Waals surface area contributed by atoms with Crippen molar-refractivity contribution in [3.8, 4) is 0 Å². The summed E-state index contributed by atoms with van der Waals surface area (Å²) in [5, 5.41) is 2.02. The van der Waals surface area contributed by atoms with E-state index < -0.39 is 11.2 Å². The molecular formula is C11H14O3S. The first-order valence-corrected chi connectivity index (χ1v) is 5.71. The van der Waals surface area contributed by atoms with Crippen molar-refractivity contribution < 1.29 is 14.3 Å². The van der Waals surface area contributed by atoms with Gasteiger partial charge in [0.2, 0.25) is 0 Å². The Morgan fingerprint density at radius 2 is 2.33 bits per heavy atom. The number of hydrogen-bond acceptors (Lipinski definition) is 4. The summed E-state index contributed by atoms with van der Waals surface area (Å²) in [6, 6.07) is 4.05. The molecule has 2 rings (SSSR count). The van der Waals surface area contributed by atoms with E-state index in [1.165, 1.54) is 12.0 Å². The summed E-state index contributed by atoms with van der Waals surface area (Å²) >= 11 is 1.68. The van der Waals surface area contributed by atoms with Crippen molar-refractivity contribution in [2.45, 2.75) is 31.5 Å². The SMILES string of the molecule is COC(=O)C1(C)OC1(C)Cc1cccs1. The average Bonchev–Trinajstić information content (AvgIpc) is 2.60. The monoisotopic (exact) mass is 226 g/mol. The smallest absolute Gasteiger partial charge is 0.340 e. The van der Waals surface area contributed by atoms with Gasteiger partial charge in [0.25, 0.3) is 0 Å². The molecule has 0 saturated carbocycles.